The van der Waals surface area contributed by atoms with Crippen molar-refractivity contribution in [1.29, 1.82) is 0 Å². The molecule has 0 aromatic heterocycles. The molecule has 1 amide bonds. The number of amides is 1. The summed E-state index contributed by atoms with van der Waals surface area (Å²) in [5.41, 5.74) is 1.78. The Hall–Kier alpha value is -3.49. The number of carbonyl (C=O) groups is 1. The number of nitro benzene ring substituents is 1. The van der Waals surface area contributed by atoms with Crippen molar-refractivity contribution in [3.05, 3.63) is 63.5 Å². The van der Waals surface area contributed by atoms with Crippen molar-refractivity contribution >= 4 is 17.8 Å². The van der Waals surface area contributed by atoms with Crippen LogP contribution in [0.1, 0.15) is 15.9 Å². The number of nitro groups is 1. The number of halogens is 1. The van der Waals surface area contributed by atoms with Gasteiger partial charge in [0.2, 0.25) is 6.79 Å². The Balaban J connectivity index is 1.81. The minimum atomic E-state index is -0.771. The zero-order valence-corrected chi connectivity index (χ0v) is 12.1. The molecule has 1 heterocycles. The number of benzene rings is 2. The zero-order chi connectivity index (χ0) is 17.1. The van der Waals surface area contributed by atoms with Gasteiger partial charge >= 0.3 is 0 Å². The second-order valence-corrected chi connectivity index (χ2v) is 4.70. The number of hydrazone groups is 1. The fraction of sp³-hybridized carbons (Fsp3) is 0.0667. The van der Waals surface area contributed by atoms with E-state index in [1.807, 2.05) is 0 Å². The fourth-order valence-corrected chi connectivity index (χ4v) is 2.07. The van der Waals surface area contributed by atoms with Crippen LogP contribution in [0.4, 0.5) is 10.1 Å². The highest BCUT2D eigenvalue weighted by Crippen LogP contribution is 2.37. The molecule has 1 aliphatic heterocycles. The summed E-state index contributed by atoms with van der Waals surface area (Å²) < 4.78 is 23.7. The maximum atomic E-state index is 13.5. The summed E-state index contributed by atoms with van der Waals surface area (Å²) in [5.74, 6) is -0.872. The van der Waals surface area contributed by atoms with E-state index < -0.39 is 16.6 Å². The first-order chi connectivity index (χ1) is 11.6. The molecule has 0 fully saturated rings. The zero-order valence-electron chi connectivity index (χ0n) is 12.1. The molecular formula is C15H10FN3O5. The molecule has 0 aliphatic carbocycles. The van der Waals surface area contributed by atoms with Gasteiger partial charge in [-0.25, -0.2) is 9.82 Å². The lowest BCUT2D eigenvalue weighted by atomic mass is 10.1. The summed E-state index contributed by atoms with van der Waals surface area (Å²) in [6.45, 7) is -0.0307. The van der Waals surface area contributed by atoms with Crippen LogP contribution in [0, 0.1) is 15.9 Å². The minimum Gasteiger partial charge on any atom is -0.454 e. The van der Waals surface area contributed by atoms with Crippen molar-refractivity contribution in [3.63, 3.8) is 0 Å². The average Bonchev–Trinajstić information content (AvgIpc) is 3.01. The molecule has 3 rings (SSSR count). The summed E-state index contributed by atoms with van der Waals surface area (Å²) in [6, 6.07) is 7.97. The third-order valence-electron chi connectivity index (χ3n) is 3.21. The van der Waals surface area contributed by atoms with Gasteiger partial charge in [0.15, 0.2) is 11.5 Å². The summed E-state index contributed by atoms with van der Waals surface area (Å²) in [4.78, 5) is 22.3. The van der Waals surface area contributed by atoms with Gasteiger partial charge in [-0.05, 0) is 18.2 Å². The van der Waals surface area contributed by atoms with Crippen molar-refractivity contribution in [2.24, 2.45) is 5.10 Å². The maximum Gasteiger partial charge on any atom is 0.282 e. The lowest BCUT2D eigenvalue weighted by molar-refractivity contribution is -0.385. The number of ether oxygens (including phenoxy) is 2. The maximum absolute atomic E-state index is 13.5. The largest absolute Gasteiger partial charge is 0.454 e. The van der Waals surface area contributed by atoms with Crippen LogP contribution in [0.5, 0.6) is 11.5 Å². The van der Waals surface area contributed by atoms with Gasteiger partial charge < -0.3 is 9.47 Å². The van der Waals surface area contributed by atoms with Crippen LogP contribution >= 0.6 is 0 Å². The fourth-order valence-electron chi connectivity index (χ4n) is 2.07. The van der Waals surface area contributed by atoms with E-state index in [1.54, 1.807) is 0 Å². The Morgan fingerprint density at radius 3 is 2.71 bits per heavy atom. The molecule has 8 nitrogen and oxygen atoms in total. The lowest BCUT2D eigenvalue weighted by Gasteiger charge is -2.02. The van der Waals surface area contributed by atoms with Crippen LogP contribution in [0.3, 0.4) is 0 Å². The van der Waals surface area contributed by atoms with Gasteiger partial charge in [0.05, 0.1) is 28.3 Å². The van der Waals surface area contributed by atoms with Gasteiger partial charge in [0.25, 0.3) is 11.6 Å². The molecule has 0 saturated heterocycles. The Bertz CT molecular complexity index is 853. The number of carbonyl (C=O) groups excluding carboxylic acids is 1. The van der Waals surface area contributed by atoms with Crippen molar-refractivity contribution in [1.82, 2.24) is 5.43 Å². The van der Waals surface area contributed by atoms with Gasteiger partial charge in [-0.3, -0.25) is 14.9 Å². The van der Waals surface area contributed by atoms with Gasteiger partial charge in [-0.15, -0.1) is 0 Å². The van der Waals surface area contributed by atoms with Gasteiger partial charge in [-0.1, -0.05) is 12.1 Å². The molecule has 1 aliphatic rings. The smallest absolute Gasteiger partial charge is 0.282 e. The Kier molecular flexibility index (Phi) is 4.06. The third kappa shape index (κ3) is 3.00. The molecule has 2 aromatic rings. The van der Waals surface area contributed by atoms with E-state index in [-0.39, 0.29) is 29.4 Å². The van der Waals surface area contributed by atoms with Crippen molar-refractivity contribution in [2.45, 2.75) is 0 Å². The highest BCUT2D eigenvalue weighted by molar-refractivity contribution is 5.95. The average molecular weight is 331 g/mol. The molecule has 2 aromatic carbocycles. The summed E-state index contributed by atoms with van der Waals surface area (Å²) in [7, 11) is 0. The molecule has 1 N–H and O–H groups in total. The normalized spacial score (nSPS) is 12.4. The highest BCUT2D eigenvalue weighted by atomic mass is 19.1. The summed E-state index contributed by atoms with van der Waals surface area (Å²) in [6.07, 6.45) is 1.08. The monoisotopic (exact) mass is 331 g/mol. The first-order valence-corrected chi connectivity index (χ1v) is 6.72. The summed E-state index contributed by atoms with van der Waals surface area (Å²) in [5, 5.41) is 14.7. The van der Waals surface area contributed by atoms with Crippen LogP contribution in [0.2, 0.25) is 0 Å². The van der Waals surface area contributed by atoms with E-state index in [2.05, 4.69) is 10.5 Å². The standard InChI is InChI=1S/C15H10FN3O5/c16-11-4-2-1-3-10(11)15(20)18-17-7-9-5-13-14(24-8-23-13)6-12(9)19(21)22/h1-7H,8H2,(H,18,20)/b17-7-. The molecule has 9 heteroatoms. The van der Waals surface area contributed by atoms with E-state index >= 15 is 0 Å². The molecule has 0 spiro atoms. The molecule has 122 valence electrons. The van der Waals surface area contributed by atoms with Crippen LogP contribution in [0.15, 0.2) is 41.5 Å². The van der Waals surface area contributed by atoms with Crippen molar-refractivity contribution in [3.8, 4) is 11.5 Å². The lowest BCUT2D eigenvalue weighted by Crippen LogP contribution is -2.19. The number of rotatable bonds is 4. The van der Waals surface area contributed by atoms with Crippen molar-refractivity contribution < 1.29 is 23.6 Å². The number of nitrogens with zero attached hydrogens (tertiary/aromatic N) is 2. The molecule has 24 heavy (non-hydrogen) atoms. The Labute approximate surface area is 134 Å². The third-order valence-corrected chi connectivity index (χ3v) is 3.21. The van der Waals surface area contributed by atoms with Gasteiger partial charge in [0, 0.05) is 0 Å². The molecule has 0 radical (unpaired) electrons. The second kappa shape index (κ2) is 6.32. The summed E-state index contributed by atoms with van der Waals surface area (Å²) >= 11 is 0. The van der Waals surface area contributed by atoms with Crippen LogP contribution in [-0.4, -0.2) is 23.8 Å². The quantitative estimate of drug-likeness (QED) is 0.526. The SMILES string of the molecule is O=C(N/N=C\c1cc2c(cc1[N+](=O)[O-])OCO2)c1ccccc1F. The second-order valence-electron chi connectivity index (χ2n) is 4.70. The first kappa shape index (κ1) is 15.4. The number of hydrogen-bond acceptors (Lipinski definition) is 6. The topological polar surface area (TPSA) is 103 Å². The predicted octanol–water partition coefficient (Wildman–Crippen LogP) is 2.23. The van der Waals surface area contributed by atoms with E-state index in [0.29, 0.717) is 5.75 Å². The molecular weight excluding hydrogens is 321 g/mol. The van der Waals surface area contributed by atoms with Crippen molar-refractivity contribution in [2.75, 3.05) is 6.79 Å². The van der Waals surface area contributed by atoms with Gasteiger partial charge in [0.1, 0.15) is 5.82 Å². The molecule has 0 unspecified atom stereocenters. The number of fused-ring (bicyclic) bond motifs is 1. The van der Waals surface area contributed by atoms with E-state index in [0.717, 1.165) is 12.3 Å². The highest BCUT2D eigenvalue weighted by Gasteiger charge is 2.22. The van der Waals surface area contributed by atoms with Crippen LogP contribution in [-0.2, 0) is 0 Å². The predicted molar refractivity (Wildman–Crippen MR) is 80.7 cm³/mol. The van der Waals surface area contributed by atoms with Gasteiger partial charge in [-0.2, -0.15) is 5.10 Å². The van der Waals surface area contributed by atoms with E-state index in [4.69, 9.17) is 9.47 Å². The molecule has 0 saturated carbocycles. The van der Waals surface area contributed by atoms with Crippen LogP contribution < -0.4 is 14.9 Å². The number of nitrogens with one attached hydrogen (secondary N) is 1. The Morgan fingerprint density at radius 1 is 1.29 bits per heavy atom. The Morgan fingerprint density at radius 2 is 2.00 bits per heavy atom. The minimum absolute atomic E-state index is 0.0307. The molecule has 0 bridgehead atoms. The molecule has 0 atom stereocenters. The van der Waals surface area contributed by atoms with E-state index in [1.165, 1.54) is 30.3 Å². The van der Waals surface area contributed by atoms with Crippen LogP contribution in [0.25, 0.3) is 0 Å². The van der Waals surface area contributed by atoms with E-state index in [9.17, 15) is 19.3 Å². The number of hydrogen-bond donors (Lipinski definition) is 1. The first-order valence-electron chi connectivity index (χ1n) is 6.72.